The third kappa shape index (κ3) is 3.56. The lowest BCUT2D eigenvalue weighted by Gasteiger charge is -2.23. The smallest absolute Gasteiger partial charge is 0.300 e. The molecule has 1 saturated heterocycles. The summed E-state index contributed by atoms with van der Waals surface area (Å²) in [5, 5.41) is 21.9. The number of nitrogens with zero attached hydrogens (tertiary/aromatic N) is 2. The topological polar surface area (TPSA) is 114 Å². The number of amides is 1. The molecule has 162 valence electrons. The van der Waals surface area contributed by atoms with Crippen LogP contribution < -0.4 is 4.90 Å². The molecule has 0 saturated carbocycles. The summed E-state index contributed by atoms with van der Waals surface area (Å²) in [7, 11) is 0. The standard InChI is InChI=1S/C24H20N2O6/c1-14(2)15-5-9-17(10-6-15)25-21(19-4-3-13-32-19)20(23(28)24(25)29)22(27)16-7-11-18(12-8-16)26(30)31/h3-14,21,27H,1-2H3/b22-20-. The first kappa shape index (κ1) is 21.0. The van der Waals surface area contributed by atoms with Crippen LogP contribution in [-0.4, -0.2) is 21.7 Å². The zero-order valence-corrected chi connectivity index (χ0v) is 17.4. The van der Waals surface area contributed by atoms with E-state index in [0.717, 1.165) is 5.56 Å². The third-order valence-corrected chi connectivity index (χ3v) is 5.45. The van der Waals surface area contributed by atoms with Crippen LogP contribution in [0.15, 0.2) is 76.9 Å². The molecule has 0 bridgehead atoms. The van der Waals surface area contributed by atoms with Gasteiger partial charge in [0, 0.05) is 23.4 Å². The van der Waals surface area contributed by atoms with Crippen LogP contribution in [0.4, 0.5) is 11.4 Å². The number of nitro groups is 1. The van der Waals surface area contributed by atoms with Crippen molar-refractivity contribution in [2.75, 3.05) is 4.90 Å². The van der Waals surface area contributed by atoms with Gasteiger partial charge in [0.1, 0.15) is 17.6 Å². The number of carbonyl (C=O) groups is 2. The zero-order valence-electron chi connectivity index (χ0n) is 17.4. The molecule has 1 atom stereocenters. The largest absolute Gasteiger partial charge is 0.507 e. The predicted octanol–water partition coefficient (Wildman–Crippen LogP) is 4.94. The predicted molar refractivity (Wildman–Crippen MR) is 117 cm³/mol. The van der Waals surface area contributed by atoms with Gasteiger partial charge < -0.3 is 9.52 Å². The third-order valence-electron chi connectivity index (χ3n) is 5.45. The summed E-state index contributed by atoms with van der Waals surface area (Å²) in [5.41, 5.74) is 1.44. The molecule has 0 spiro atoms. The molecule has 1 aliphatic rings. The van der Waals surface area contributed by atoms with E-state index >= 15 is 0 Å². The fourth-order valence-electron chi connectivity index (χ4n) is 3.73. The molecule has 1 N–H and O–H groups in total. The maximum Gasteiger partial charge on any atom is 0.300 e. The number of non-ortho nitro benzene ring substituents is 1. The van der Waals surface area contributed by atoms with Crippen LogP contribution in [0.2, 0.25) is 0 Å². The Morgan fingerprint density at radius 1 is 1.06 bits per heavy atom. The van der Waals surface area contributed by atoms with Gasteiger partial charge in [-0.2, -0.15) is 0 Å². The van der Waals surface area contributed by atoms with Gasteiger partial charge in [0.15, 0.2) is 0 Å². The molecule has 3 aromatic rings. The van der Waals surface area contributed by atoms with E-state index in [1.54, 1.807) is 24.3 Å². The molecule has 8 heteroatoms. The minimum Gasteiger partial charge on any atom is -0.507 e. The SMILES string of the molecule is CC(C)c1ccc(N2C(=O)C(=O)/C(=C(\O)c3ccc([N+](=O)[O-])cc3)C2c2ccco2)cc1. The number of ketones is 1. The van der Waals surface area contributed by atoms with Crippen molar-refractivity contribution in [3.05, 3.63) is 99.5 Å². The lowest BCUT2D eigenvalue weighted by Crippen LogP contribution is -2.29. The summed E-state index contributed by atoms with van der Waals surface area (Å²) in [6.07, 6.45) is 1.42. The van der Waals surface area contributed by atoms with Gasteiger partial charge in [0.25, 0.3) is 17.4 Å². The van der Waals surface area contributed by atoms with Crippen LogP contribution in [-0.2, 0) is 9.59 Å². The van der Waals surface area contributed by atoms with Crippen LogP contribution in [0.3, 0.4) is 0 Å². The van der Waals surface area contributed by atoms with Crippen molar-refractivity contribution in [3.63, 3.8) is 0 Å². The number of hydrogen-bond donors (Lipinski definition) is 1. The molecule has 2 aromatic carbocycles. The number of anilines is 1. The number of aliphatic hydroxyl groups excluding tert-OH is 1. The van der Waals surface area contributed by atoms with E-state index < -0.39 is 28.4 Å². The highest BCUT2D eigenvalue weighted by molar-refractivity contribution is 6.51. The highest BCUT2D eigenvalue weighted by Gasteiger charge is 2.48. The Balaban J connectivity index is 1.85. The van der Waals surface area contributed by atoms with Gasteiger partial charge in [-0.15, -0.1) is 0 Å². The number of aliphatic hydroxyl groups is 1. The molecule has 32 heavy (non-hydrogen) atoms. The molecule has 0 radical (unpaired) electrons. The summed E-state index contributed by atoms with van der Waals surface area (Å²) in [4.78, 5) is 37.7. The van der Waals surface area contributed by atoms with Crippen molar-refractivity contribution in [3.8, 4) is 0 Å². The van der Waals surface area contributed by atoms with Gasteiger partial charge >= 0.3 is 0 Å². The number of nitro benzene ring substituents is 1. The maximum absolute atomic E-state index is 13.0. The van der Waals surface area contributed by atoms with Gasteiger partial charge in [-0.25, -0.2) is 0 Å². The number of hydrogen-bond acceptors (Lipinski definition) is 6. The second-order valence-corrected chi connectivity index (χ2v) is 7.73. The van der Waals surface area contributed by atoms with Crippen molar-refractivity contribution < 1.29 is 24.0 Å². The molecule has 2 heterocycles. The molecular formula is C24H20N2O6. The maximum atomic E-state index is 13.0. The Morgan fingerprint density at radius 2 is 1.72 bits per heavy atom. The van der Waals surface area contributed by atoms with Crippen molar-refractivity contribution in [1.29, 1.82) is 0 Å². The summed E-state index contributed by atoms with van der Waals surface area (Å²) in [6, 6.07) is 14.6. The number of benzene rings is 2. The molecule has 8 nitrogen and oxygen atoms in total. The van der Waals surface area contributed by atoms with E-state index in [-0.39, 0.29) is 16.8 Å². The number of Topliss-reactive ketones (excluding diaryl/α,β-unsaturated/α-hetero) is 1. The second kappa shape index (κ2) is 8.14. The van der Waals surface area contributed by atoms with Crippen LogP contribution in [0.1, 0.15) is 42.7 Å². The van der Waals surface area contributed by atoms with Gasteiger partial charge in [-0.3, -0.25) is 24.6 Å². The second-order valence-electron chi connectivity index (χ2n) is 7.73. The quantitative estimate of drug-likeness (QED) is 0.201. The van der Waals surface area contributed by atoms with E-state index in [1.807, 2.05) is 26.0 Å². The monoisotopic (exact) mass is 432 g/mol. The van der Waals surface area contributed by atoms with E-state index in [1.165, 1.54) is 35.4 Å². The first-order chi connectivity index (χ1) is 15.3. The molecule has 0 aliphatic carbocycles. The normalized spacial score (nSPS) is 17.8. The summed E-state index contributed by atoms with van der Waals surface area (Å²) in [5.74, 6) is -1.49. The van der Waals surface area contributed by atoms with Crippen molar-refractivity contribution in [2.24, 2.45) is 0 Å². The molecule has 4 rings (SSSR count). The van der Waals surface area contributed by atoms with Gasteiger partial charge in [0.2, 0.25) is 0 Å². The lowest BCUT2D eigenvalue weighted by atomic mass is 9.98. The average molecular weight is 432 g/mol. The molecule has 1 aromatic heterocycles. The van der Waals surface area contributed by atoms with E-state index in [4.69, 9.17) is 4.42 Å². The van der Waals surface area contributed by atoms with Gasteiger partial charge in [0.05, 0.1) is 16.8 Å². The minimum atomic E-state index is -0.981. The molecule has 1 fully saturated rings. The first-order valence-electron chi connectivity index (χ1n) is 9.98. The lowest BCUT2D eigenvalue weighted by molar-refractivity contribution is -0.384. The molecule has 1 amide bonds. The van der Waals surface area contributed by atoms with Crippen molar-refractivity contribution >= 4 is 28.8 Å². The molecular weight excluding hydrogens is 412 g/mol. The average Bonchev–Trinajstić information content (AvgIpc) is 3.40. The van der Waals surface area contributed by atoms with Crippen LogP contribution in [0.25, 0.3) is 5.76 Å². The molecule has 1 unspecified atom stereocenters. The highest BCUT2D eigenvalue weighted by atomic mass is 16.6. The van der Waals surface area contributed by atoms with Crippen LogP contribution >= 0.6 is 0 Å². The minimum absolute atomic E-state index is 0.147. The number of furan rings is 1. The fourth-order valence-corrected chi connectivity index (χ4v) is 3.73. The summed E-state index contributed by atoms with van der Waals surface area (Å²) >= 11 is 0. The summed E-state index contributed by atoms with van der Waals surface area (Å²) < 4.78 is 5.51. The van der Waals surface area contributed by atoms with E-state index in [2.05, 4.69) is 0 Å². The van der Waals surface area contributed by atoms with E-state index in [9.17, 15) is 24.8 Å². The summed E-state index contributed by atoms with van der Waals surface area (Å²) in [6.45, 7) is 4.10. The van der Waals surface area contributed by atoms with Gasteiger partial charge in [-0.1, -0.05) is 26.0 Å². The fraction of sp³-hybridized carbons (Fsp3) is 0.167. The zero-order chi connectivity index (χ0) is 23.0. The van der Waals surface area contributed by atoms with Crippen LogP contribution in [0.5, 0.6) is 0 Å². The van der Waals surface area contributed by atoms with Gasteiger partial charge in [-0.05, 0) is 47.9 Å². The van der Waals surface area contributed by atoms with Crippen molar-refractivity contribution in [2.45, 2.75) is 25.8 Å². The molecule has 1 aliphatic heterocycles. The highest BCUT2D eigenvalue weighted by Crippen LogP contribution is 2.42. The van der Waals surface area contributed by atoms with E-state index in [0.29, 0.717) is 17.4 Å². The number of rotatable bonds is 5. The Kier molecular flexibility index (Phi) is 5.36. The van der Waals surface area contributed by atoms with Crippen LogP contribution in [0, 0.1) is 10.1 Å². The Morgan fingerprint density at radius 3 is 2.25 bits per heavy atom. The first-order valence-corrected chi connectivity index (χ1v) is 9.98. The Hall–Kier alpha value is -4.20. The Labute approximate surface area is 183 Å². The Bertz CT molecular complexity index is 1210. The number of carbonyl (C=O) groups excluding carboxylic acids is 2. The van der Waals surface area contributed by atoms with Crippen molar-refractivity contribution in [1.82, 2.24) is 0 Å².